The van der Waals surface area contributed by atoms with Gasteiger partial charge in [-0.05, 0) is 42.9 Å². The number of nitrogens with two attached hydrogens (primary N) is 1. The van der Waals surface area contributed by atoms with Crippen LogP contribution in [0.1, 0.15) is 25.3 Å². The minimum Gasteiger partial charge on any atom is -0.369 e. The molecule has 0 atom stereocenters. The first-order chi connectivity index (χ1) is 8.00. The van der Waals surface area contributed by atoms with Crippen molar-refractivity contribution in [2.45, 2.75) is 33.2 Å². The van der Waals surface area contributed by atoms with Crippen LogP contribution >= 0.6 is 11.6 Å². The third-order valence-corrected chi connectivity index (χ3v) is 4.18. The molecule has 2 aromatic rings. The highest BCUT2D eigenvalue weighted by atomic mass is 35.5. The SMILES string of the molecule is Cc1c(Cl)ccc2nc(N)n(CC3(C)CC3)c12. The van der Waals surface area contributed by atoms with E-state index in [1.165, 1.54) is 12.8 Å². The van der Waals surface area contributed by atoms with Crippen molar-refractivity contribution in [2.75, 3.05) is 5.73 Å². The van der Waals surface area contributed by atoms with Crippen LogP contribution in [0.4, 0.5) is 5.95 Å². The van der Waals surface area contributed by atoms with Crippen LogP contribution in [0.25, 0.3) is 11.0 Å². The lowest BCUT2D eigenvalue weighted by Gasteiger charge is -2.13. The molecule has 0 unspecified atom stereocenters. The summed E-state index contributed by atoms with van der Waals surface area (Å²) in [5.41, 5.74) is 9.51. The van der Waals surface area contributed by atoms with Gasteiger partial charge in [-0.2, -0.15) is 0 Å². The van der Waals surface area contributed by atoms with Gasteiger partial charge in [-0.15, -0.1) is 0 Å². The molecule has 0 aliphatic heterocycles. The molecule has 1 heterocycles. The largest absolute Gasteiger partial charge is 0.369 e. The quantitative estimate of drug-likeness (QED) is 0.887. The van der Waals surface area contributed by atoms with E-state index in [-0.39, 0.29) is 0 Å². The number of aromatic nitrogens is 2. The second-order valence-electron chi connectivity index (χ2n) is 5.41. The third-order valence-electron chi connectivity index (χ3n) is 3.77. The normalized spacial score (nSPS) is 17.6. The second kappa shape index (κ2) is 3.39. The van der Waals surface area contributed by atoms with Crippen molar-refractivity contribution < 1.29 is 0 Å². The predicted molar refractivity (Wildman–Crippen MR) is 71.2 cm³/mol. The van der Waals surface area contributed by atoms with Crippen molar-refractivity contribution in [1.82, 2.24) is 9.55 Å². The molecule has 1 aliphatic rings. The van der Waals surface area contributed by atoms with Crippen LogP contribution in [0.5, 0.6) is 0 Å². The summed E-state index contributed by atoms with van der Waals surface area (Å²) in [6.07, 6.45) is 2.54. The van der Waals surface area contributed by atoms with Crippen LogP contribution in [-0.4, -0.2) is 9.55 Å². The minimum absolute atomic E-state index is 0.399. The minimum atomic E-state index is 0.399. The van der Waals surface area contributed by atoms with E-state index >= 15 is 0 Å². The number of aryl methyl sites for hydroxylation is 1. The molecule has 2 N–H and O–H groups in total. The fraction of sp³-hybridized carbons (Fsp3) is 0.462. The Morgan fingerprint density at radius 1 is 1.47 bits per heavy atom. The molecular formula is C13H16ClN3. The Morgan fingerprint density at radius 3 is 2.82 bits per heavy atom. The summed E-state index contributed by atoms with van der Waals surface area (Å²) < 4.78 is 2.11. The zero-order valence-electron chi connectivity index (χ0n) is 10.1. The zero-order valence-corrected chi connectivity index (χ0v) is 10.9. The number of hydrogen-bond donors (Lipinski definition) is 1. The van der Waals surface area contributed by atoms with Crippen LogP contribution in [0.15, 0.2) is 12.1 Å². The molecule has 3 nitrogen and oxygen atoms in total. The number of benzene rings is 1. The van der Waals surface area contributed by atoms with E-state index in [2.05, 4.69) is 16.5 Å². The monoisotopic (exact) mass is 249 g/mol. The van der Waals surface area contributed by atoms with Crippen molar-refractivity contribution in [3.05, 3.63) is 22.7 Å². The molecular weight excluding hydrogens is 234 g/mol. The van der Waals surface area contributed by atoms with Crippen LogP contribution in [0, 0.1) is 12.3 Å². The van der Waals surface area contributed by atoms with Crippen molar-refractivity contribution in [3.8, 4) is 0 Å². The molecule has 0 bridgehead atoms. The number of nitrogens with zero attached hydrogens (tertiary/aromatic N) is 2. The summed E-state index contributed by atoms with van der Waals surface area (Å²) in [5.74, 6) is 0.596. The first-order valence-electron chi connectivity index (χ1n) is 5.91. The Morgan fingerprint density at radius 2 is 2.18 bits per heavy atom. The molecule has 1 aromatic carbocycles. The summed E-state index contributed by atoms with van der Waals surface area (Å²) >= 11 is 6.17. The van der Waals surface area contributed by atoms with Gasteiger partial charge >= 0.3 is 0 Å². The fourth-order valence-electron chi connectivity index (χ4n) is 2.30. The molecule has 1 aliphatic carbocycles. The average molecular weight is 250 g/mol. The second-order valence-corrected chi connectivity index (χ2v) is 5.81. The molecule has 90 valence electrons. The number of halogens is 1. The Balaban J connectivity index is 2.21. The number of imidazole rings is 1. The van der Waals surface area contributed by atoms with Gasteiger partial charge < -0.3 is 10.3 Å². The van der Waals surface area contributed by atoms with E-state index in [0.29, 0.717) is 11.4 Å². The number of fused-ring (bicyclic) bond motifs is 1. The molecule has 0 radical (unpaired) electrons. The van der Waals surface area contributed by atoms with Crippen LogP contribution in [-0.2, 0) is 6.54 Å². The maximum Gasteiger partial charge on any atom is 0.201 e. The topological polar surface area (TPSA) is 43.8 Å². The van der Waals surface area contributed by atoms with Gasteiger partial charge in [0, 0.05) is 11.6 Å². The van der Waals surface area contributed by atoms with Crippen LogP contribution < -0.4 is 5.73 Å². The summed E-state index contributed by atoms with van der Waals surface area (Å²) in [4.78, 5) is 4.41. The Bertz CT molecular complexity index is 596. The van der Waals surface area contributed by atoms with E-state index in [1.54, 1.807) is 0 Å². The lowest BCUT2D eigenvalue weighted by atomic mass is 10.1. The highest BCUT2D eigenvalue weighted by molar-refractivity contribution is 6.32. The highest BCUT2D eigenvalue weighted by Crippen LogP contribution is 2.47. The first kappa shape index (κ1) is 10.9. The summed E-state index contributed by atoms with van der Waals surface area (Å²) in [5, 5.41) is 0.777. The van der Waals surface area contributed by atoms with Gasteiger partial charge in [-0.3, -0.25) is 0 Å². The maximum atomic E-state index is 6.17. The number of rotatable bonds is 2. The zero-order chi connectivity index (χ0) is 12.2. The van der Waals surface area contributed by atoms with E-state index < -0.39 is 0 Å². The number of hydrogen-bond acceptors (Lipinski definition) is 2. The Hall–Kier alpha value is -1.22. The van der Waals surface area contributed by atoms with Gasteiger partial charge in [0.15, 0.2) is 0 Å². The molecule has 0 saturated heterocycles. The molecule has 3 rings (SSSR count). The lowest BCUT2D eigenvalue weighted by Crippen LogP contribution is -2.11. The van der Waals surface area contributed by atoms with Crippen molar-refractivity contribution in [2.24, 2.45) is 5.41 Å². The summed E-state index contributed by atoms with van der Waals surface area (Å²) in [6, 6.07) is 3.82. The van der Waals surface area contributed by atoms with Crippen molar-refractivity contribution >= 4 is 28.6 Å². The number of nitrogen functional groups attached to an aromatic ring is 1. The maximum absolute atomic E-state index is 6.17. The predicted octanol–water partition coefficient (Wildman–Crippen LogP) is 3.38. The Kier molecular flexibility index (Phi) is 2.17. The van der Waals surface area contributed by atoms with Gasteiger partial charge in [0.25, 0.3) is 0 Å². The molecule has 1 aromatic heterocycles. The summed E-state index contributed by atoms with van der Waals surface area (Å²) in [6.45, 7) is 5.26. The molecule has 4 heteroatoms. The molecule has 1 saturated carbocycles. The fourth-order valence-corrected chi connectivity index (χ4v) is 2.46. The number of anilines is 1. The Labute approximate surface area is 106 Å². The van der Waals surface area contributed by atoms with Gasteiger partial charge in [0.05, 0.1) is 11.0 Å². The van der Waals surface area contributed by atoms with Crippen molar-refractivity contribution in [3.63, 3.8) is 0 Å². The molecule has 17 heavy (non-hydrogen) atoms. The average Bonchev–Trinajstić information content (AvgIpc) is 2.91. The van der Waals surface area contributed by atoms with E-state index in [1.807, 2.05) is 19.1 Å². The first-order valence-corrected chi connectivity index (χ1v) is 6.29. The highest BCUT2D eigenvalue weighted by Gasteiger charge is 2.38. The molecule has 0 amide bonds. The van der Waals surface area contributed by atoms with Crippen LogP contribution in [0.2, 0.25) is 5.02 Å². The van der Waals surface area contributed by atoms with Crippen LogP contribution in [0.3, 0.4) is 0 Å². The van der Waals surface area contributed by atoms with E-state index in [9.17, 15) is 0 Å². The van der Waals surface area contributed by atoms with E-state index in [0.717, 1.165) is 28.2 Å². The van der Waals surface area contributed by atoms with Gasteiger partial charge in [0.2, 0.25) is 5.95 Å². The molecule has 1 fully saturated rings. The lowest BCUT2D eigenvalue weighted by molar-refractivity contribution is 0.476. The standard InChI is InChI=1S/C13H16ClN3/c1-8-9(14)3-4-10-11(8)17(12(15)16-10)7-13(2)5-6-13/h3-4H,5-7H2,1-2H3,(H2,15,16). The van der Waals surface area contributed by atoms with Gasteiger partial charge in [0.1, 0.15) is 0 Å². The third kappa shape index (κ3) is 1.69. The van der Waals surface area contributed by atoms with Gasteiger partial charge in [-0.25, -0.2) is 4.98 Å². The van der Waals surface area contributed by atoms with Crippen molar-refractivity contribution in [1.29, 1.82) is 0 Å². The summed E-state index contributed by atoms with van der Waals surface area (Å²) in [7, 11) is 0. The van der Waals surface area contributed by atoms with Gasteiger partial charge in [-0.1, -0.05) is 18.5 Å². The molecule has 0 spiro atoms. The van der Waals surface area contributed by atoms with E-state index in [4.69, 9.17) is 17.3 Å². The smallest absolute Gasteiger partial charge is 0.201 e.